The summed E-state index contributed by atoms with van der Waals surface area (Å²) in [5.41, 5.74) is 1.56. The highest BCUT2D eigenvalue weighted by atomic mass is 32.2. The van der Waals surface area contributed by atoms with Gasteiger partial charge in [-0.25, -0.2) is 13.2 Å². The summed E-state index contributed by atoms with van der Waals surface area (Å²) in [6, 6.07) is 3.93. The van der Waals surface area contributed by atoms with Gasteiger partial charge in [0, 0.05) is 25.3 Å². The third-order valence-corrected chi connectivity index (χ3v) is 12.5. The molecule has 6 rings (SSSR count). The van der Waals surface area contributed by atoms with Crippen LogP contribution in [-0.2, 0) is 47.0 Å². The van der Waals surface area contributed by atoms with Crippen molar-refractivity contribution in [1.29, 1.82) is 0 Å². The van der Waals surface area contributed by atoms with Crippen molar-refractivity contribution in [3.8, 4) is 0 Å². The molecule has 5 aliphatic rings. The molecular formula is C37H49N5O8S. The number of nitrogens with one attached hydrogen (secondary N) is 3. The normalized spacial score (nSPS) is 29.1. The van der Waals surface area contributed by atoms with E-state index in [1.807, 2.05) is 25.1 Å². The average molecular weight is 724 g/mol. The third kappa shape index (κ3) is 8.15. The minimum Gasteiger partial charge on any atom is -0.444 e. The summed E-state index contributed by atoms with van der Waals surface area (Å²) < 4.78 is 33.4. The fraction of sp³-hybridized carbons (Fsp3) is 0.595. The van der Waals surface area contributed by atoms with Crippen molar-refractivity contribution in [3.63, 3.8) is 0 Å². The van der Waals surface area contributed by atoms with Crippen LogP contribution in [0.15, 0.2) is 36.9 Å². The van der Waals surface area contributed by atoms with Gasteiger partial charge in [-0.1, -0.05) is 62.6 Å². The number of sulfonamides is 1. The number of amides is 5. The van der Waals surface area contributed by atoms with Gasteiger partial charge in [-0.2, -0.15) is 0 Å². The second kappa shape index (κ2) is 15.2. The molecule has 0 aromatic heterocycles. The number of hydrogen-bond acceptors (Lipinski definition) is 8. The molecule has 4 bridgehead atoms. The molecule has 276 valence electrons. The number of carbonyl (C=O) groups is 5. The molecule has 3 aliphatic heterocycles. The minimum atomic E-state index is -3.89. The third-order valence-electron chi connectivity index (χ3n) is 10.7. The summed E-state index contributed by atoms with van der Waals surface area (Å²) in [4.78, 5) is 71.4. The number of fused-ring (bicyclic) bond motifs is 3. The van der Waals surface area contributed by atoms with Crippen LogP contribution in [0, 0.1) is 5.92 Å². The van der Waals surface area contributed by atoms with Crippen molar-refractivity contribution in [3.05, 3.63) is 53.6 Å². The number of benzene rings is 1. The number of unbranched alkanes of at least 4 members (excludes halogenated alkanes) is 1. The monoisotopic (exact) mass is 723 g/mol. The molecule has 0 radical (unpaired) electrons. The van der Waals surface area contributed by atoms with Crippen LogP contribution in [-0.4, -0.2) is 83.5 Å². The van der Waals surface area contributed by atoms with Gasteiger partial charge < -0.3 is 20.3 Å². The Morgan fingerprint density at radius 3 is 2.67 bits per heavy atom. The predicted molar refractivity (Wildman–Crippen MR) is 189 cm³/mol. The second-order valence-corrected chi connectivity index (χ2v) is 16.5. The van der Waals surface area contributed by atoms with Gasteiger partial charge >= 0.3 is 6.09 Å². The van der Waals surface area contributed by atoms with Gasteiger partial charge in [0.25, 0.3) is 5.91 Å². The first kappa shape index (κ1) is 36.6. The number of hydrogen-bond donors (Lipinski definition) is 3. The Kier molecular flexibility index (Phi) is 10.9. The molecule has 2 saturated carbocycles. The number of rotatable bonds is 9. The van der Waals surface area contributed by atoms with E-state index < -0.39 is 68.7 Å². The summed E-state index contributed by atoms with van der Waals surface area (Å²) in [5, 5.41) is 5.04. The molecule has 1 saturated heterocycles. The van der Waals surface area contributed by atoms with E-state index >= 15 is 0 Å². The van der Waals surface area contributed by atoms with Gasteiger partial charge in [-0.3, -0.25) is 28.8 Å². The Morgan fingerprint density at radius 1 is 1.14 bits per heavy atom. The highest BCUT2D eigenvalue weighted by Gasteiger charge is 2.62. The zero-order valence-corrected chi connectivity index (χ0v) is 30.0. The summed E-state index contributed by atoms with van der Waals surface area (Å²) in [5.74, 6) is -2.75. The number of allylic oxidation sites excluding steroid dienone is 1. The second-order valence-electron chi connectivity index (χ2n) is 14.5. The average Bonchev–Trinajstić information content (AvgIpc) is 3.99. The van der Waals surface area contributed by atoms with Gasteiger partial charge in [0.15, 0.2) is 0 Å². The number of ether oxygens (including phenoxy) is 1. The lowest BCUT2D eigenvalue weighted by molar-refractivity contribution is -0.142. The molecule has 2 aliphatic carbocycles. The Labute approximate surface area is 299 Å². The Morgan fingerprint density at radius 2 is 1.94 bits per heavy atom. The van der Waals surface area contributed by atoms with E-state index in [1.165, 1.54) is 11.0 Å². The van der Waals surface area contributed by atoms with Crippen molar-refractivity contribution in [1.82, 2.24) is 25.2 Å². The Bertz CT molecular complexity index is 1710. The molecule has 1 aromatic rings. The Hall–Kier alpha value is -4.20. The van der Waals surface area contributed by atoms with Gasteiger partial charge in [0.1, 0.15) is 23.7 Å². The summed E-state index contributed by atoms with van der Waals surface area (Å²) in [6.07, 6.45) is 10.6. The lowest BCUT2D eigenvalue weighted by Gasteiger charge is -2.30. The first-order valence-corrected chi connectivity index (χ1v) is 19.8. The van der Waals surface area contributed by atoms with Crippen LogP contribution in [0.4, 0.5) is 4.79 Å². The van der Waals surface area contributed by atoms with Crippen molar-refractivity contribution < 1.29 is 37.1 Å². The summed E-state index contributed by atoms with van der Waals surface area (Å²) >= 11 is 0. The van der Waals surface area contributed by atoms with Crippen molar-refractivity contribution in [2.24, 2.45) is 5.92 Å². The molecule has 0 unspecified atom stereocenters. The number of carbonyl (C=O) groups excluding carboxylic acids is 5. The van der Waals surface area contributed by atoms with E-state index in [0.717, 1.165) is 42.4 Å². The van der Waals surface area contributed by atoms with Crippen molar-refractivity contribution in [2.75, 3.05) is 6.54 Å². The standard InChI is InChI=1S/C37H49N5O8S/c1-3-5-15-30-34(45)42-22-27(19-31(42)33(44)39-37(20-26(37)4-2)35(46)40-51(48,49)28-17-18-28)50-36(47)41-21-25-14-11-13-24(29(25)23-41)12-9-7-6-8-10-16-32(43)38-30/h4,9,11-14,26-28,30-31H,2-3,5-8,10,15-23H2,1H3,(H,38,43)(H,39,44)(H,40,46)/b12-9+/t26-,27-,30+,31+,37+/m1/s1. The molecule has 13 nitrogen and oxygen atoms in total. The fourth-order valence-corrected chi connectivity index (χ4v) is 8.78. The van der Waals surface area contributed by atoms with E-state index in [9.17, 15) is 32.4 Å². The largest absolute Gasteiger partial charge is 0.444 e. The van der Waals surface area contributed by atoms with Crippen LogP contribution in [0.3, 0.4) is 0 Å². The first-order chi connectivity index (χ1) is 24.5. The molecular weight excluding hydrogens is 675 g/mol. The molecule has 51 heavy (non-hydrogen) atoms. The molecule has 5 atom stereocenters. The summed E-state index contributed by atoms with van der Waals surface area (Å²) in [6.45, 7) is 6.38. The number of nitrogens with zero attached hydrogens (tertiary/aromatic N) is 2. The molecule has 5 amide bonds. The van der Waals surface area contributed by atoms with Crippen LogP contribution in [0.5, 0.6) is 0 Å². The zero-order valence-electron chi connectivity index (χ0n) is 29.2. The maximum Gasteiger partial charge on any atom is 0.410 e. The van der Waals surface area contributed by atoms with Gasteiger partial charge in [-0.05, 0) is 61.6 Å². The molecule has 0 spiro atoms. The van der Waals surface area contributed by atoms with E-state index in [2.05, 4.69) is 34.1 Å². The highest BCUT2D eigenvalue weighted by Crippen LogP contribution is 2.45. The van der Waals surface area contributed by atoms with Crippen LogP contribution in [0.1, 0.15) is 101 Å². The van der Waals surface area contributed by atoms with Crippen LogP contribution < -0.4 is 15.4 Å². The smallest absolute Gasteiger partial charge is 0.410 e. The van der Waals surface area contributed by atoms with Gasteiger partial charge in [0.2, 0.25) is 27.7 Å². The maximum absolute atomic E-state index is 14.3. The van der Waals surface area contributed by atoms with E-state index in [1.54, 1.807) is 4.90 Å². The van der Waals surface area contributed by atoms with E-state index in [-0.39, 0.29) is 31.7 Å². The topological polar surface area (TPSA) is 171 Å². The van der Waals surface area contributed by atoms with Crippen LogP contribution in [0.25, 0.3) is 6.08 Å². The van der Waals surface area contributed by atoms with Crippen LogP contribution >= 0.6 is 0 Å². The van der Waals surface area contributed by atoms with Crippen LogP contribution in [0.2, 0.25) is 0 Å². The maximum atomic E-state index is 14.3. The summed E-state index contributed by atoms with van der Waals surface area (Å²) in [7, 11) is -3.89. The molecule has 3 fully saturated rings. The predicted octanol–water partition coefficient (Wildman–Crippen LogP) is 3.43. The van der Waals surface area contributed by atoms with E-state index in [4.69, 9.17) is 4.74 Å². The zero-order chi connectivity index (χ0) is 36.3. The molecule has 3 heterocycles. The van der Waals surface area contributed by atoms with Crippen molar-refractivity contribution >= 4 is 45.8 Å². The molecule has 1 aromatic carbocycles. The highest BCUT2D eigenvalue weighted by molar-refractivity contribution is 7.91. The van der Waals surface area contributed by atoms with E-state index in [0.29, 0.717) is 45.2 Å². The Balaban J connectivity index is 1.25. The van der Waals surface area contributed by atoms with Gasteiger partial charge in [0.05, 0.1) is 18.3 Å². The minimum absolute atomic E-state index is 0.0383. The quantitative estimate of drug-likeness (QED) is 0.326. The SMILES string of the molecule is C=C[C@@H]1C[C@@]1(NC(=O)[C@@H]1C[C@@H]2CN1C(=O)[C@H](CCCC)NC(=O)CCCCC/C=C/c1cccc3c1CN(C3)C(=O)O2)C(=O)NS(=O)(=O)C1CC1. The lowest BCUT2D eigenvalue weighted by Crippen LogP contribution is -2.58. The van der Waals surface area contributed by atoms with Gasteiger partial charge in [-0.15, -0.1) is 6.58 Å². The molecule has 3 N–H and O–H groups in total. The molecule has 14 heteroatoms. The lowest BCUT2D eigenvalue weighted by atomic mass is 10.0. The van der Waals surface area contributed by atoms with Crippen molar-refractivity contribution in [2.45, 2.75) is 126 Å². The fourth-order valence-electron chi connectivity index (χ4n) is 7.41. The first-order valence-electron chi connectivity index (χ1n) is 18.3.